The molecular weight excluding hydrogens is 234 g/mol. The van der Waals surface area contributed by atoms with Gasteiger partial charge in [0.15, 0.2) is 0 Å². The van der Waals surface area contributed by atoms with E-state index in [1.54, 1.807) is 0 Å². The van der Waals surface area contributed by atoms with Gasteiger partial charge in [0.25, 0.3) is 0 Å². The lowest BCUT2D eigenvalue weighted by Crippen LogP contribution is -2.36. The molecule has 1 amide bonds. The predicted molar refractivity (Wildman–Crippen MR) is 75.9 cm³/mol. The van der Waals surface area contributed by atoms with E-state index in [1.165, 1.54) is 0 Å². The molecule has 1 saturated heterocycles. The van der Waals surface area contributed by atoms with E-state index >= 15 is 0 Å². The highest BCUT2D eigenvalue weighted by molar-refractivity contribution is 5.94. The second-order valence-corrected chi connectivity index (χ2v) is 5.22. The first-order valence-corrected chi connectivity index (χ1v) is 6.65. The molecule has 0 saturated carbocycles. The summed E-state index contributed by atoms with van der Waals surface area (Å²) in [4.78, 5) is 12.6. The van der Waals surface area contributed by atoms with Crippen molar-refractivity contribution < 1.29 is 4.79 Å². The molecule has 0 bridgehead atoms. The lowest BCUT2D eigenvalue weighted by Gasteiger charge is -2.27. The van der Waals surface area contributed by atoms with Crippen LogP contribution in [0.5, 0.6) is 0 Å². The molecule has 1 heterocycles. The Hall–Kier alpha value is -2.09. The molecule has 19 heavy (non-hydrogen) atoms. The Kier molecular flexibility index (Phi) is 2.86. The zero-order valence-corrected chi connectivity index (χ0v) is 11.0. The van der Waals surface area contributed by atoms with E-state index in [0.717, 1.165) is 17.5 Å². The van der Waals surface area contributed by atoms with E-state index in [1.807, 2.05) is 60.7 Å². The summed E-state index contributed by atoms with van der Waals surface area (Å²) in [5, 5.41) is 3.07. The Morgan fingerprint density at radius 3 is 1.79 bits per heavy atom. The molecule has 2 aromatic carbocycles. The first-order valence-electron chi connectivity index (χ1n) is 6.65. The molecule has 1 fully saturated rings. The Morgan fingerprint density at radius 2 is 1.42 bits per heavy atom. The highest BCUT2D eigenvalue weighted by atomic mass is 16.2. The van der Waals surface area contributed by atoms with Crippen LogP contribution in [-0.2, 0) is 10.2 Å². The SMILES string of the molecule is C[C@H]1CC(c2ccccc2)(c2ccccc2)C(=O)N1. The topological polar surface area (TPSA) is 29.1 Å². The predicted octanol–water partition coefficient (Wildman–Crippen LogP) is 2.88. The minimum absolute atomic E-state index is 0.109. The van der Waals surface area contributed by atoms with Gasteiger partial charge in [-0.25, -0.2) is 0 Å². The molecule has 1 aliphatic rings. The molecule has 0 aromatic heterocycles. The molecule has 0 aliphatic carbocycles. The van der Waals surface area contributed by atoms with Crippen LogP contribution < -0.4 is 5.32 Å². The van der Waals surface area contributed by atoms with Gasteiger partial charge in [0.1, 0.15) is 5.41 Å². The van der Waals surface area contributed by atoms with Crippen molar-refractivity contribution in [3.05, 3.63) is 71.8 Å². The lowest BCUT2D eigenvalue weighted by molar-refractivity contribution is -0.122. The molecule has 96 valence electrons. The molecule has 1 atom stereocenters. The summed E-state index contributed by atoms with van der Waals surface area (Å²) >= 11 is 0. The molecule has 2 aromatic rings. The minimum Gasteiger partial charge on any atom is -0.353 e. The lowest BCUT2D eigenvalue weighted by atomic mass is 9.72. The maximum Gasteiger partial charge on any atom is 0.235 e. The third-order valence-corrected chi connectivity index (χ3v) is 3.91. The van der Waals surface area contributed by atoms with Gasteiger partial charge in [0.2, 0.25) is 5.91 Å². The smallest absolute Gasteiger partial charge is 0.235 e. The van der Waals surface area contributed by atoms with Gasteiger partial charge < -0.3 is 5.32 Å². The van der Waals surface area contributed by atoms with Crippen LogP contribution in [0.15, 0.2) is 60.7 Å². The number of amides is 1. The van der Waals surface area contributed by atoms with Crippen LogP contribution in [-0.4, -0.2) is 11.9 Å². The van der Waals surface area contributed by atoms with Crippen molar-refractivity contribution in [3.63, 3.8) is 0 Å². The van der Waals surface area contributed by atoms with E-state index in [4.69, 9.17) is 0 Å². The molecular formula is C17H17NO. The summed E-state index contributed by atoms with van der Waals surface area (Å²) in [7, 11) is 0. The fourth-order valence-corrected chi connectivity index (χ4v) is 3.06. The number of hydrogen-bond acceptors (Lipinski definition) is 1. The maximum atomic E-state index is 12.6. The fraction of sp³-hybridized carbons (Fsp3) is 0.235. The van der Waals surface area contributed by atoms with Gasteiger partial charge in [0, 0.05) is 6.04 Å². The zero-order valence-electron chi connectivity index (χ0n) is 11.0. The number of hydrogen-bond donors (Lipinski definition) is 1. The third kappa shape index (κ3) is 1.84. The molecule has 0 unspecified atom stereocenters. The monoisotopic (exact) mass is 251 g/mol. The molecule has 3 rings (SSSR count). The van der Waals surface area contributed by atoms with Crippen LogP contribution in [0.25, 0.3) is 0 Å². The number of nitrogens with one attached hydrogen (secondary N) is 1. The Balaban J connectivity index is 2.20. The molecule has 0 radical (unpaired) electrons. The summed E-state index contributed by atoms with van der Waals surface area (Å²) in [6.45, 7) is 2.06. The summed E-state index contributed by atoms with van der Waals surface area (Å²) in [6, 6.07) is 20.3. The molecule has 1 aliphatic heterocycles. The van der Waals surface area contributed by atoms with E-state index in [-0.39, 0.29) is 11.9 Å². The van der Waals surface area contributed by atoms with Crippen molar-refractivity contribution >= 4 is 5.91 Å². The summed E-state index contributed by atoms with van der Waals surface area (Å²) in [5.74, 6) is 0.109. The van der Waals surface area contributed by atoms with Crippen molar-refractivity contribution in [2.24, 2.45) is 0 Å². The highest BCUT2D eigenvalue weighted by Gasteiger charge is 2.47. The van der Waals surface area contributed by atoms with Crippen molar-refractivity contribution in [1.29, 1.82) is 0 Å². The number of carbonyl (C=O) groups excluding carboxylic acids is 1. The second kappa shape index (κ2) is 4.54. The van der Waals surface area contributed by atoms with Crippen LogP contribution in [0, 0.1) is 0 Å². The quantitative estimate of drug-likeness (QED) is 0.873. The number of benzene rings is 2. The normalized spacial score (nSPS) is 21.1. The van der Waals surface area contributed by atoms with Gasteiger partial charge in [-0.3, -0.25) is 4.79 Å². The Labute approximate surface area is 113 Å². The van der Waals surface area contributed by atoms with E-state index in [2.05, 4.69) is 12.2 Å². The van der Waals surface area contributed by atoms with Gasteiger partial charge in [-0.1, -0.05) is 60.7 Å². The van der Waals surface area contributed by atoms with Crippen LogP contribution >= 0.6 is 0 Å². The van der Waals surface area contributed by atoms with E-state index in [9.17, 15) is 4.79 Å². The van der Waals surface area contributed by atoms with Crippen LogP contribution in [0.1, 0.15) is 24.5 Å². The standard InChI is InChI=1S/C17H17NO/c1-13-12-17(16(19)18-13,14-8-4-2-5-9-14)15-10-6-3-7-11-15/h2-11,13H,12H2,1H3,(H,18,19)/t13-/m0/s1. The Bertz CT molecular complexity index is 537. The zero-order chi connectivity index (χ0) is 13.3. The first-order chi connectivity index (χ1) is 9.23. The maximum absolute atomic E-state index is 12.6. The molecule has 0 spiro atoms. The van der Waals surface area contributed by atoms with Crippen molar-refractivity contribution in [2.75, 3.05) is 0 Å². The van der Waals surface area contributed by atoms with Gasteiger partial charge in [-0.15, -0.1) is 0 Å². The summed E-state index contributed by atoms with van der Waals surface area (Å²) < 4.78 is 0. The average molecular weight is 251 g/mol. The minimum atomic E-state index is -0.540. The summed E-state index contributed by atoms with van der Waals surface area (Å²) in [5.41, 5.74) is 1.60. The van der Waals surface area contributed by atoms with E-state index in [0.29, 0.717) is 0 Å². The van der Waals surface area contributed by atoms with Gasteiger partial charge in [-0.05, 0) is 24.5 Å². The van der Waals surface area contributed by atoms with Crippen LogP contribution in [0.3, 0.4) is 0 Å². The van der Waals surface area contributed by atoms with Gasteiger partial charge >= 0.3 is 0 Å². The number of rotatable bonds is 2. The molecule has 2 nitrogen and oxygen atoms in total. The van der Waals surface area contributed by atoms with Gasteiger partial charge in [-0.2, -0.15) is 0 Å². The first kappa shape index (κ1) is 12.0. The largest absolute Gasteiger partial charge is 0.353 e. The molecule has 1 N–H and O–H groups in total. The van der Waals surface area contributed by atoms with Crippen molar-refractivity contribution in [1.82, 2.24) is 5.32 Å². The number of carbonyl (C=O) groups is 1. The highest BCUT2D eigenvalue weighted by Crippen LogP contribution is 2.40. The van der Waals surface area contributed by atoms with Crippen LogP contribution in [0.4, 0.5) is 0 Å². The van der Waals surface area contributed by atoms with Crippen molar-refractivity contribution in [2.45, 2.75) is 24.8 Å². The fourth-order valence-electron chi connectivity index (χ4n) is 3.06. The van der Waals surface area contributed by atoms with E-state index < -0.39 is 5.41 Å². The molecule has 2 heteroatoms. The van der Waals surface area contributed by atoms with Crippen LogP contribution in [0.2, 0.25) is 0 Å². The van der Waals surface area contributed by atoms with Gasteiger partial charge in [0.05, 0.1) is 0 Å². The van der Waals surface area contributed by atoms with Crippen molar-refractivity contribution in [3.8, 4) is 0 Å². The second-order valence-electron chi connectivity index (χ2n) is 5.22. The third-order valence-electron chi connectivity index (χ3n) is 3.91. The summed E-state index contributed by atoms with van der Waals surface area (Å²) in [6.07, 6.45) is 0.805. The Morgan fingerprint density at radius 1 is 0.947 bits per heavy atom. The average Bonchev–Trinajstić information content (AvgIpc) is 2.76.